The molecule has 0 fully saturated rings. The van der Waals surface area contributed by atoms with Gasteiger partial charge in [0, 0.05) is 17.3 Å². The molecule has 1 N–H and O–H groups in total. The van der Waals surface area contributed by atoms with Crippen molar-refractivity contribution in [2.75, 3.05) is 6.61 Å². The molecule has 104 valence electrons. The Labute approximate surface area is 125 Å². The molecule has 1 aromatic heterocycles. The van der Waals surface area contributed by atoms with Crippen molar-refractivity contribution < 1.29 is 14.6 Å². The number of aromatic nitrogens is 1. The maximum Gasteiger partial charge on any atom is 0.336 e. The zero-order valence-electron chi connectivity index (χ0n) is 10.6. The number of carboxylic acids is 1. The number of carbonyl (C=O) groups is 1. The SMILES string of the molecule is CCOc1ccc(-c2cnc(Cl)cc2C(=O)O)c(Cl)c1. The molecule has 0 unspecified atom stereocenters. The van der Waals surface area contributed by atoms with Crippen LogP contribution in [0.2, 0.25) is 10.2 Å². The molecule has 0 saturated heterocycles. The fourth-order valence-corrected chi connectivity index (χ4v) is 2.22. The molecule has 4 nitrogen and oxygen atoms in total. The van der Waals surface area contributed by atoms with E-state index in [0.717, 1.165) is 0 Å². The number of hydrogen-bond donors (Lipinski definition) is 1. The molecule has 0 aliphatic rings. The number of ether oxygens (including phenoxy) is 1. The van der Waals surface area contributed by atoms with Crippen LogP contribution in [0, 0.1) is 0 Å². The highest BCUT2D eigenvalue weighted by atomic mass is 35.5. The molecule has 2 aromatic rings. The number of rotatable bonds is 4. The lowest BCUT2D eigenvalue weighted by molar-refractivity contribution is 0.0697. The van der Waals surface area contributed by atoms with E-state index in [1.807, 2.05) is 6.92 Å². The van der Waals surface area contributed by atoms with E-state index in [9.17, 15) is 9.90 Å². The average Bonchev–Trinajstić information content (AvgIpc) is 2.40. The third kappa shape index (κ3) is 3.03. The molecule has 0 atom stereocenters. The van der Waals surface area contributed by atoms with Crippen molar-refractivity contribution in [3.05, 3.63) is 46.2 Å². The van der Waals surface area contributed by atoms with Crippen molar-refractivity contribution in [3.8, 4) is 16.9 Å². The number of halogens is 2. The number of aromatic carboxylic acids is 1. The Hall–Kier alpha value is -1.78. The summed E-state index contributed by atoms with van der Waals surface area (Å²) in [5.74, 6) is -0.464. The molecule has 0 spiro atoms. The first kappa shape index (κ1) is 14.6. The van der Waals surface area contributed by atoms with Gasteiger partial charge in [-0.3, -0.25) is 0 Å². The van der Waals surface area contributed by atoms with Crippen LogP contribution in [0.3, 0.4) is 0 Å². The molecule has 0 amide bonds. The minimum atomic E-state index is -1.09. The van der Waals surface area contributed by atoms with Gasteiger partial charge in [0.1, 0.15) is 10.9 Å². The molecule has 0 bridgehead atoms. The van der Waals surface area contributed by atoms with Crippen molar-refractivity contribution >= 4 is 29.2 Å². The molecule has 6 heteroatoms. The second-order valence-electron chi connectivity index (χ2n) is 3.93. The van der Waals surface area contributed by atoms with Gasteiger partial charge in [0.15, 0.2) is 0 Å². The largest absolute Gasteiger partial charge is 0.494 e. The highest BCUT2D eigenvalue weighted by molar-refractivity contribution is 6.34. The van der Waals surface area contributed by atoms with Gasteiger partial charge in [-0.2, -0.15) is 0 Å². The molecular weight excluding hydrogens is 301 g/mol. The molecule has 0 aliphatic carbocycles. The standard InChI is InChI=1S/C14H11Cl2NO3/c1-2-20-8-3-4-9(12(15)5-8)11-7-17-13(16)6-10(11)14(18)19/h3-7H,2H2,1H3,(H,18,19). The van der Waals surface area contributed by atoms with Gasteiger partial charge >= 0.3 is 5.97 Å². The zero-order valence-corrected chi connectivity index (χ0v) is 12.1. The second-order valence-corrected chi connectivity index (χ2v) is 4.73. The van der Waals surface area contributed by atoms with Crippen LogP contribution in [-0.4, -0.2) is 22.7 Å². The molecule has 0 radical (unpaired) electrons. The van der Waals surface area contributed by atoms with Crippen LogP contribution in [0.1, 0.15) is 17.3 Å². The predicted molar refractivity (Wildman–Crippen MR) is 77.8 cm³/mol. The summed E-state index contributed by atoms with van der Waals surface area (Å²) >= 11 is 11.9. The Kier molecular flexibility index (Phi) is 4.47. The maximum absolute atomic E-state index is 11.3. The maximum atomic E-state index is 11.3. The first-order valence-corrected chi connectivity index (χ1v) is 6.60. The number of hydrogen-bond acceptors (Lipinski definition) is 3. The topological polar surface area (TPSA) is 59.4 Å². The Morgan fingerprint density at radius 2 is 2.05 bits per heavy atom. The lowest BCUT2D eigenvalue weighted by atomic mass is 10.0. The summed E-state index contributed by atoms with van der Waals surface area (Å²) in [7, 11) is 0. The van der Waals surface area contributed by atoms with Gasteiger partial charge < -0.3 is 9.84 Å². The first-order valence-electron chi connectivity index (χ1n) is 5.84. The average molecular weight is 312 g/mol. The van der Waals surface area contributed by atoms with Crippen LogP contribution >= 0.6 is 23.2 Å². The summed E-state index contributed by atoms with van der Waals surface area (Å²) < 4.78 is 5.34. The fraction of sp³-hybridized carbons (Fsp3) is 0.143. The summed E-state index contributed by atoms with van der Waals surface area (Å²) in [5.41, 5.74) is 1.03. The van der Waals surface area contributed by atoms with Gasteiger partial charge in [0.25, 0.3) is 0 Å². The molecule has 1 aromatic carbocycles. The zero-order chi connectivity index (χ0) is 14.7. The fourth-order valence-electron chi connectivity index (χ4n) is 1.79. The van der Waals surface area contributed by atoms with Crippen molar-refractivity contribution in [2.45, 2.75) is 6.92 Å². The monoisotopic (exact) mass is 311 g/mol. The summed E-state index contributed by atoms with van der Waals surface area (Å²) in [5, 5.41) is 9.74. The van der Waals surface area contributed by atoms with Crippen molar-refractivity contribution in [1.29, 1.82) is 0 Å². The van der Waals surface area contributed by atoms with Gasteiger partial charge in [0.05, 0.1) is 17.2 Å². The minimum absolute atomic E-state index is 0.0519. The van der Waals surface area contributed by atoms with Crippen molar-refractivity contribution in [2.24, 2.45) is 0 Å². The van der Waals surface area contributed by atoms with E-state index >= 15 is 0 Å². The lowest BCUT2D eigenvalue weighted by Crippen LogP contribution is -2.01. The van der Waals surface area contributed by atoms with Gasteiger partial charge in [-0.1, -0.05) is 23.2 Å². The number of carboxylic acid groups (broad SMARTS) is 1. The summed E-state index contributed by atoms with van der Waals surface area (Å²) in [4.78, 5) is 15.2. The summed E-state index contributed by atoms with van der Waals surface area (Å²) in [6.07, 6.45) is 1.40. The van der Waals surface area contributed by atoms with Crippen molar-refractivity contribution in [1.82, 2.24) is 4.98 Å². The van der Waals surface area contributed by atoms with Crippen molar-refractivity contribution in [3.63, 3.8) is 0 Å². The number of pyridine rings is 1. The minimum Gasteiger partial charge on any atom is -0.494 e. The number of nitrogens with zero attached hydrogens (tertiary/aromatic N) is 1. The van der Waals surface area contributed by atoms with Crippen LogP contribution in [0.5, 0.6) is 5.75 Å². The Balaban J connectivity index is 2.54. The normalized spacial score (nSPS) is 10.3. The van der Waals surface area contributed by atoms with Gasteiger partial charge in [-0.05, 0) is 31.2 Å². The smallest absolute Gasteiger partial charge is 0.336 e. The third-order valence-electron chi connectivity index (χ3n) is 2.64. The molecular formula is C14H11Cl2NO3. The predicted octanol–water partition coefficient (Wildman–Crippen LogP) is 4.15. The van der Waals surface area contributed by atoms with E-state index in [4.69, 9.17) is 27.9 Å². The Bertz CT molecular complexity index is 659. The van der Waals surface area contributed by atoms with E-state index in [0.29, 0.717) is 28.5 Å². The number of benzene rings is 1. The second kappa shape index (κ2) is 6.11. The molecule has 0 aliphatic heterocycles. The molecule has 1 heterocycles. The quantitative estimate of drug-likeness (QED) is 0.862. The molecule has 2 rings (SSSR count). The van der Waals surface area contributed by atoms with Crippen LogP contribution < -0.4 is 4.74 Å². The van der Waals surface area contributed by atoms with E-state index in [2.05, 4.69) is 4.98 Å². The van der Waals surface area contributed by atoms with Crippen LogP contribution in [0.4, 0.5) is 0 Å². The highest BCUT2D eigenvalue weighted by Crippen LogP contribution is 2.33. The first-order chi connectivity index (χ1) is 9.52. The van der Waals surface area contributed by atoms with E-state index in [-0.39, 0.29) is 10.7 Å². The van der Waals surface area contributed by atoms with Crippen LogP contribution in [0.25, 0.3) is 11.1 Å². The molecule has 0 saturated carbocycles. The summed E-state index contributed by atoms with van der Waals surface area (Å²) in [6.45, 7) is 2.39. The summed E-state index contributed by atoms with van der Waals surface area (Å²) in [6, 6.07) is 6.36. The van der Waals surface area contributed by atoms with Crippen LogP contribution in [0.15, 0.2) is 30.5 Å². The highest BCUT2D eigenvalue weighted by Gasteiger charge is 2.16. The Morgan fingerprint density at radius 1 is 1.30 bits per heavy atom. The Morgan fingerprint density at radius 3 is 2.65 bits per heavy atom. The van der Waals surface area contributed by atoms with Crippen LogP contribution in [-0.2, 0) is 0 Å². The third-order valence-corrected chi connectivity index (χ3v) is 3.16. The lowest BCUT2D eigenvalue weighted by Gasteiger charge is -2.10. The van der Waals surface area contributed by atoms with Gasteiger partial charge in [-0.25, -0.2) is 9.78 Å². The van der Waals surface area contributed by atoms with E-state index < -0.39 is 5.97 Å². The molecule has 20 heavy (non-hydrogen) atoms. The van der Waals surface area contributed by atoms with Gasteiger partial charge in [-0.15, -0.1) is 0 Å². The van der Waals surface area contributed by atoms with E-state index in [1.165, 1.54) is 12.3 Å². The van der Waals surface area contributed by atoms with E-state index in [1.54, 1.807) is 18.2 Å². The van der Waals surface area contributed by atoms with Gasteiger partial charge in [0.2, 0.25) is 0 Å².